The molecule has 12 heteroatoms. The molecular formula is C22H21F3N8O. The van der Waals surface area contributed by atoms with Crippen molar-refractivity contribution >= 4 is 22.5 Å². The third-order valence-electron chi connectivity index (χ3n) is 5.91. The van der Waals surface area contributed by atoms with Gasteiger partial charge in [-0.1, -0.05) is 11.3 Å². The van der Waals surface area contributed by atoms with E-state index in [1.54, 1.807) is 32.0 Å². The number of anilines is 1. The highest BCUT2D eigenvalue weighted by molar-refractivity contribution is 5.89. The lowest BCUT2D eigenvalue weighted by atomic mass is 9.88. The first-order valence-electron chi connectivity index (χ1n) is 10.6. The summed E-state index contributed by atoms with van der Waals surface area (Å²) in [5.74, 6) is -2.95. The Balaban J connectivity index is 1.57. The summed E-state index contributed by atoms with van der Waals surface area (Å²) in [6, 6.07) is 6.73. The molecule has 5 rings (SSSR count). The number of ether oxygens (including phenoxy) is 1. The van der Waals surface area contributed by atoms with Crippen molar-refractivity contribution in [2.24, 2.45) is 5.41 Å². The number of nitriles is 1. The molecule has 4 aromatic rings. The number of methoxy groups -OCH3 is 1. The van der Waals surface area contributed by atoms with E-state index in [2.05, 4.69) is 31.8 Å². The maximum Gasteiger partial charge on any atom is 0.252 e. The molecule has 0 saturated heterocycles. The molecule has 3 aromatic heterocycles. The highest BCUT2D eigenvalue weighted by Crippen LogP contribution is 2.46. The van der Waals surface area contributed by atoms with Crippen LogP contribution in [0.25, 0.3) is 27.7 Å². The number of hydrogen-bond acceptors (Lipinski definition) is 7. The maximum atomic E-state index is 15.2. The van der Waals surface area contributed by atoms with Gasteiger partial charge in [-0.3, -0.25) is 0 Å². The normalized spacial score (nSPS) is 15.9. The van der Waals surface area contributed by atoms with Gasteiger partial charge in [0.2, 0.25) is 11.8 Å². The van der Waals surface area contributed by atoms with Crippen LogP contribution in [0.1, 0.15) is 32.7 Å². The van der Waals surface area contributed by atoms with Crippen LogP contribution in [0.5, 0.6) is 5.88 Å². The molecule has 0 amide bonds. The Bertz CT molecular complexity index is 1440. The molecule has 176 valence electrons. The highest BCUT2D eigenvalue weighted by Gasteiger charge is 2.47. The molecule has 1 saturated carbocycles. The standard InChI is InChI=1S/C22H21F3N8O/c1-21(2,10-26)11-27-20-28-19(34-3)18-17(14(23)9-32(18)30-20)12-4-5-15-16(6-12)33(31-29-15)13-7-22(24,25)8-13/h4-6,9,13H,7-8,11H2,1-3H3,(H,27,30). The second kappa shape index (κ2) is 7.58. The number of nitrogens with one attached hydrogen (secondary N) is 1. The first-order chi connectivity index (χ1) is 16.1. The third-order valence-corrected chi connectivity index (χ3v) is 5.91. The Morgan fingerprint density at radius 1 is 1.32 bits per heavy atom. The van der Waals surface area contributed by atoms with Crippen molar-refractivity contribution in [2.45, 2.75) is 38.7 Å². The fraction of sp³-hybridized carbons (Fsp3) is 0.409. The molecule has 0 bridgehead atoms. The van der Waals surface area contributed by atoms with Crippen LogP contribution in [-0.2, 0) is 0 Å². The van der Waals surface area contributed by atoms with Crippen LogP contribution in [0.15, 0.2) is 24.4 Å². The number of halogens is 3. The fourth-order valence-electron chi connectivity index (χ4n) is 4.02. The van der Waals surface area contributed by atoms with E-state index in [-0.39, 0.29) is 36.8 Å². The summed E-state index contributed by atoms with van der Waals surface area (Å²) in [4.78, 5) is 4.34. The minimum absolute atomic E-state index is 0.136. The van der Waals surface area contributed by atoms with Crippen LogP contribution in [0.3, 0.4) is 0 Å². The largest absolute Gasteiger partial charge is 0.479 e. The van der Waals surface area contributed by atoms with Gasteiger partial charge in [0.15, 0.2) is 5.82 Å². The second-order valence-electron chi connectivity index (χ2n) is 9.09. The van der Waals surface area contributed by atoms with Crippen molar-refractivity contribution in [3.8, 4) is 23.1 Å². The number of benzene rings is 1. The Morgan fingerprint density at radius 2 is 2.09 bits per heavy atom. The van der Waals surface area contributed by atoms with Gasteiger partial charge in [-0.05, 0) is 31.5 Å². The Labute approximate surface area is 192 Å². The topological polar surface area (TPSA) is 106 Å². The summed E-state index contributed by atoms with van der Waals surface area (Å²) in [6.07, 6.45) is 0.597. The Hall–Kier alpha value is -3.88. The number of aromatic nitrogens is 6. The minimum Gasteiger partial charge on any atom is -0.479 e. The highest BCUT2D eigenvalue weighted by atomic mass is 19.3. The lowest BCUT2D eigenvalue weighted by Gasteiger charge is -2.34. The summed E-state index contributed by atoms with van der Waals surface area (Å²) >= 11 is 0. The van der Waals surface area contributed by atoms with Crippen LogP contribution in [0.4, 0.5) is 19.1 Å². The predicted molar refractivity (Wildman–Crippen MR) is 117 cm³/mol. The third kappa shape index (κ3) is 3.67. The molecular weight excluding hydrogens is 449 g/mol. The smallest absolute Gasteiger partial charge is 0.252 e. The molecule has 34 heavy (non-hydrogen) atoms. The van der Waals surface area contributed by atoms with Crippen molar-refractivity contribution in [2.75, 3.05) is 19.0 Å². The molecule has 0 unspecified atom stereocenters. The summed E-state index contributed by atoms with van der Waals surface area (Å²) in [6.45, 7) is 3.82. The number of alkyl halides is 2. The van der Waals surface area contributed by atoms with Gasteiger partial charge in [0, 0.05) is 19.4 Å². The lowest BCUT2D eigenvalue weighted by molar-refractivity contribution is -0.106. The Morgan fingerprint density at radius 3 is 2.76 bits per heavy atom. The molecule has 1 aliphatic carbocycles. The van der Waals surface area contributed by atoms with E-state index >= 15 is 4.39 Å². The zero-order valence-corrected chi connectivity index (χ0v) is 18.7. The summed E-state index contributed by atoms with van der Waals surface area (Å²) in [5.41, 5.74) is 1.39. The average Bonchev–Trinajstić information content (AvgIpc) is 3.35. The van der Waals surface area contributed by atoms with Crippen LogP contribution < -0.4 is 10.1 Å². The molecule has 3 heterocycles. The first kappa shape index (κ1) is 21.9. The van der Waals surface area contributed by atoms with Crippen LogP contribution in [0.2, 0.25) is 0 Å². The van der Waals surface area contributed by atoms with Gasteiger partial charge < -0.3 is 10.1 Å². The van der Waals surface area contributed by atoms with Crippen molar-refractivity contribution < 1.29 is 17.9 Å². The molecule has 1 fully saturated rings. The van der Waals surface area contributed by atoms with Crippen molar-refractivity contribution in [1.29, 1.82) is 5.26 Å². The number of hydrogen-bond donors (Lipinski definition) is 1. The summed E-state index contributed by atoms with van der Waals surface area (Å²) < 4.78 is 50.2. The SMILES string of the molecule is COc1nc(NCC(C)(C)C#N)nn2cc(F)c(-c3ccc4nnn(C5CC(F)(F)C5)c4c3)c12. The first-order valence-corrected chi connectivity index (χ1v) is 10.6. The van der Waals surface area contributed by atoms with Gasteiger partial charge in [-0.25, -0.2) is 22.4 Å². The van der Waals surface area contributed by atoms with E-state index < -0.39 is 23.2 Å². The number of nitrogens with zero attached hydrogens (tertiary/aromatic N) is 7. The fourth-order valence-corrected chi connectivity index (χ4v) is 4.02. The van der Waals surface area contributed by atoms with Crippen LogP contribution >= 0.6 is 0 Å². The lowest BCUT2D eigenvalue weighted by Crippen LogP contribution is -2.37. The molecule has 0 atom stereocenters. The van der Waals surface area contributed by atoms with Gasteiger partial charge in [-0.2, -0.15) is 10.2 Å². The van der Waals surface area contributed by atoms with E-state index in [4.69, 9.17) is 4.74 Å². The Kier molecular flexibility index (Phi) is 4.89. The van der Waals surface area contributed by atoms with E-state index in [9.17, 15) is 14.0 Å². The maximum absolute atomic E-state index is 15.2. The van der Waals surface area contributed by atoms with Gasteiger partial charge in [0.25, 0.3) is 5.92 Å². The summed E-state index contributed by atoms with van der Waals surface area (Å²) in [5, 5.41) is 24.6. The number of fused-ring (bicyclic) bond motifs is 2. The van der Waals surface area contributed by atoms with Crippen molar-refractivity contribution in [1.82, 2.24) is 29.6 Å². The zero-order valence-electron chi connectivity index (χ0n) is 18.7. The van der Waals surface area contributed by atoms with E-state index in [0.29, 0.717) is 22.1 Å². The molecule has 0 radical (unpaired) electrons. The predicted octanol–water partition coefficient (Wildman–Crippen LogP) is 4.22. The molecule has 0 aliphatic heterocycles. The number of rotatable bonds is 6. The minimum atomic E-state index is -2.70. The molecule has 9 nitrogen and oxygen atoms in total. The second-order valence-corrected chi connectivity index (χ2v) is 9.09. The van der Waals surface area contributed by atoms with E-state index in [1.165, 1.54) is 22.5 Å². The summed E-state index contributed by atoms with van der Waals surface area (Å²) in [7, 11) is 1.42. The van der Waals surface area contributed by atoms with Gasteiger partial charge in [-0.15, -0.1) is 10.2 Å². The van der Waals surface area contributed by atoms with E-state index in [1.807, 2.05) is 0 Å². The molecule has 1 aromatic carbocycles. The van der Waals surface area contributed by atoms with Gasteiger partial charge >= 0.3 is 0 Å². The average molecular weight is 470 g/mol. The molecule has 0 spiro atoms. The van der Waals surface area contributed by atoms with E-state index in [0.717, 1.165) is 0 Å². The van der Waals surface area contributed by atoms with Crippen LogP contribution in [0, 0.1) is 22.6 Å². The zero-order chi connectivity index (χ0) is 24.3. The van der Waals surface area contributed by atoms with Crippen molar-refractivity contribution in [3.63, 3.8) is 0 Å². The van der Waals surface area contributed by atoms with Gasteiger partial charge in [0.05, 0.1) is 41.9 Å². The molecule has 1 aliphatic rings. The van der Waals surface area contributed by atoms with Crippen LogP contribution in [-0.4, -0.2) is 49.2 Å². The molecule has 1 N–H and O–H groups in total. The van der Waals surface area contributed by atoms with Crippen molar-refractivity contribution in [3.05, 3.63) is 30.2 Å². The quantitative estimate of drug-likeness (QED) is 0.450. The van der Waals surface area contributed by atoms with Gasteiger partial charge in [0.1, 0.15) is 11.0 Å². The monoisotopic (exact) mass is 470 g/mol.